The van der Waals surface area contributed by atoms with Gasteiger partial charge in [-0.3, -0.25) is 9.79 Å². The quantitative estimate of drug-likeness (QED) is 0.769. The number of hydrogen-bond acceptors (Lipinski definition) is 3. The summed E-state index contributed by atoms with van der Waals surface area (Å²) in [6.07, 6.45) is 3.42. The smallest absolute Gasteiger partial charge is 0.249 e. The zero-order valence-corrected chi connectivity index (χ0v) is 15.6. The first-order valence-electron chi connectivity index (χ1n) is 9.35. The van der Waals surface area contributed by atoms with E-state index in [0.717, 1.165) is 35.5 Å². The number of anilines is 1. The minimum Gasteiger partial charge on any atom is -0.383 e. The Kier molecular flexibility index (Phi) is 5.40. The van der Waals surface area contributed by atoms with Gasteiger partial charge in [0.25, 0.3) is 0 Å². The van der Waals surface area contributed by atoms with Crippen molar-refractivity contribution in [1.29, 1.82) is 0 Å². The second kappa shape index (κ2) is 7.73. The number of amides is 1. The maximum Gasteiger partial charge on any atom is 0.249 e. The Hall–Kier alpha value is -2.62. The van der Waals surface area contributed by atoms with Crippen molar-refractivity contribution in [3.8, 4) is 0 Å². The molecule has 26 heavy (non-hydrogen) atoms. The number of unbranched alkanes of at least 4 members (excludes halogenated alkanes) is 2. The van der Waals surface area contributed by atoms with Crippen LogP contribution in [0.4, 0.5) is 5.69 Å². The molecule has 0 aliphatic carbocycles. The Labute approximate surface area is 155 Å². The number of hydrogen-bond donors (Lipinski definition) is 2. The van der Waals surface area contributed by atoms with E-state index in [-0.39, 0.29) is 0 Å². The molecule has 0 saturated carbocycles. The third-order valence-corrected chi connectivity index (χ3v) is 5.16. The molecule has 2 aromatic rings. The minimum atomic E-state index is -0.411. The number of para-hydroxylation sites is 1. The van der Waals surface area contributed by atoms with Crippen molar-refractivity contribution in [3.05, 3.63) is 65.2 Å². The highest BCUT2D eigenvalue weighted by Crippen LogP contribution is 2.37. The summed E-state index contributed by atoms with van der Waals surface area (Å²) in [6, 6.07) is 15.9. The van der Waals surface area contributed by atoms with Crippen LogP contribution in [0.3, 0.4) is 0 Å². The second-order valence-corrected chi connectivity index (χ2v) is 7.08. The lowest BCUT2D eigenvalue weighted by atomic mass is 9.71. The lowest BCUT2D eigenvalue weighted by Gasteiger charge is -2.38. The van der Waals surface area contributed by atoms with E-state index in [1.54, 1.807) is 6.07 Å². The fourth-order valence-electron chi connectivity index (χ4n) is 3.71. The zero-order valence-electron chi connectivity index (χ0n) is 15.6. The van der Waals surface area contributed by atoms with Crippen LogP contribution < -0.4 is 11.1 Å². The second-order valence-electron chi connectivity index (χ2n) is 7.08. The summed E-state index contributed by atoms with van der Waals surface area (Å²) in [4.78, 5) is 17.0. The molecule has 1 amide bonds. The molecule has 0 fully saturated rings. The molecule has 0 saturated heterocycles. The van der Waals surface area contributed by atoms with Crippen molar-refractivity contribution >= 4 is 17.3 Å². The number of fused-ring (bicyclic) bond motifs is 1. The van der Waals surface area contributed by atoms with E-state index < -0.39 is 11.3 Å². The van der Waals surface area contributed by atoms with Crippen LogP contribution in [-0.4, -0.2) is 24.7 Å². The van der Waals surface area contributed by atoms with Gasteiger partial charge in [0.1, 0.15) is 0 Å². The van der Waals surface area contributed by atoms with E-state index >= 15 is 0 Å². The van der Waals surface area contributed by atoms with Crippen LogP contribution in [0.1, 0.15) is 54.6 Å². The summed E-state index contributed by atoms with van der Waals surface area (Å²) in [5.41, 5.74) is 9.99. The standard InChI is InChI=1S/C22H27N3O/c1-3-4-9-14-24-20-17-11-6-8-13-19(17)25-15-22(20,2)18-12-7-5-10-16(18)21(23)26/h5-8,10-13,25H,3-4,9,14-15H2,1-2H3,(H2,23,26). The van der Waals surface area contributed by atoms with Gasteiger partial charge in [0.2, 0.25) is 5.91 Å². The summed E-state index contributed by atoms with van der Waals surface area (Å²) in [7, 11) is 0. The van der Waals surface area contributed by atoms with E-state index in [4.69, 9.17) is 10.7 Å². The predicted octanol–water partition coefficient (Wildman–Crippen LogP) is 4.15. The Bertz CT molecular complexity index is 828. The monoisotopic (exact) mass is 349 g/mol. The molecule has 1 heterocycles. The van der Waals surface area contributed by atoms with Gasteiger partial charge in [0.05, 0.1) is 11.1 Å². The van der Waals surface area contributed by atoms with Gasteiger partial charge in [0.15, 0.2) is 0 Å². The third kappa shape index (κ3) is 3.36. The van der Waals surface area contributed by atoms with Crippen molar-refractivity contribution in [3.63, 3.8) is 0 Å². The topological polar surface area (TPSA) is 67.5 Å². The predicted molar refractivity (Wildman–Crippen MR) is 108 cm³/mol. The third-order valence-electron chi connectivity index (χ3n) is 5.16. The molecule has 4 heteroatoms. The number of rotatable bonds is 6. The van der Waals surface area contributed by atoms with Crippen LogP contribution in [0, 0.1) is 0 Å². The van der Waals surface area contributed by atoms with Crippen molar-refractivity contribution in [2.45, 2.75) is 38.5 Å². The zero-order chi connectivity index (χ0) is 18.6. The van der Waals surface area contributed by atoms with Crippen LogP contribution in [0.5, 0.6) is 0 Å². The number of nitrogens with zero attached hydrogens (tertiary/aromatic N) is 1. The van der Waals surface area contributed by atoms with Gasteiger partial charge in [0, 0.05) is 29.9 Å². The molecular formula is C22H27N3O. The number of nitrogens with two attached hydrogens (primary N) is 1. The summed E-state index contributed by atoms with van der Waals surface area (Å²) >= 11 is 0. The van der Waals surface area contributed by atoms with Crippen molar-refractivity contribution in [1.82, 2.24) is 0 Å². The first-order chi connectivity index (χ1) is 12.6. The molecule has 3 rings (SSSR count). The minimum absolute atomic E-state index is 0.397. The van der Waals surface area contributed by atoms with Crippen molar-refractivity contribution in [2.75, 3.05) is 18.4 Å². The summed E-state index contributed by atoms with van der Waals surface area (Å²) in [5.74, 6) is -0.397. The molecule has 3 N–H and O–H groups in total. The van der Waals surface area contributed by atoms with Crippen LogP contribution in [-0.2, 0) is 5.41 Å². The first kappa shape index (κ1) is 18.2. The molecule has 136 valence electrons. The summed E-state index contributed by atoms with van der Waals surface area (Å²) < 4.78 is 0. The molecule has 0 radical (unpaired) electrons. The molecular weight excluding hydrogens is 322 g/mol. The van der Waals surface area contributed by atoms with E-state index in [9.17, 15) is 4.79 Å². The number of benzene rings is 2. The van der Waals surface area contributed by atoms with Crippen LogP contribution in [0.2, 0.25) is 0 Å². The van der Waals surface area contributed by atoms with E-state index in [2.05, 4.69) is 31.3 Å². The van der Waals surface area contributed by atoms with Gasteiger partial charge >= 0.3 is 0 Å². The molecule has 0 aromatic heterocycles. The fourth-order valence-corrected chi connectivity index (χ4v) is 3.71. The first-order valence-corrected chi connectivity index (χ1v) is 9.35. The molecule has 1 aliphatic rings. The average Bonchev–Trinajstić information content (AvgIpc) is 2.66. The fraction of sp³-hybridized carbons (Fsp3) is 0.364. The number of aliphatic imine (C=N–C) groups is 1. The molecule has 0 bridgehead atoms. The average molecular weight is 349 g/mol. The number of carbonyl (C=O) groups excluding carboxylic acids is 1. The normalized spacial score (nSPS) is 20.5. The van der Waals surface area contributed by atoms with Crippen LogP contribution in [0.15, 0.2) is 53.5 Å². The highest BCUT2D eigenvalue weighted by Gasteiger charge is 2.39. The van der Waals surface area contributed by atoms with Gasteiger partial charge < -0.3 is 11.1 Å². The summed E-state index contributed by atoms with van der Waals surface area (Å²) in [5, 5.41) is 3.52. The number of primary amides is 1. The number of carbonyl (C=O) groups is 1. The molecule has 4 nitrogen and oxygen atoms in total. The molecule has 1 atom stereocenters. The molecule has 2 aromatic carbocycles. The van der Waals surface area contributed by atoms with E-state index in [1.165, 1.54) is 12.8 Å². The highest BCUT2D eigenvalue weighted by atomic mass is 16.1. The Morgan fingerprint density at radius 3 is 2.65 bits per heavy atom. The molecule has 1 unspecified atom stereocenters. The Morgan fingerprint density at radius 2 is 1.88 bits per heavy atom. The lowest BCUT2D eigenvalue weighted by molar-refractivity contribution is 0.0998. The summed E-state index contributed by atoms with van der Waals surface area (Å²) in [6.45, 7) is 5.82. The highest BCUT2D eigenvalue weighted by molar-refractivity contribution is 6.14. The van der Waals surface area contributed by atoms with Crippen molar-refractivity contribution in [2.24, 2.45) is 10.7 Å². The van der Waals surface area contributed by atoms with E-state index in [0.29, 0.717) is 12.1 Å². The molecule has 1 aliphatic heterocycles. The van der Waals surface area contributed by atoms with Crippen molar-refractivity contribution < 1.29 is 4.79 Å². The Morgan fingerprint density at radius 1 is 1.15 bits per heavy atom. The van der Waals surface area contributed by atoms with Gasteiger partial charge in [-0.2, -0.15) is 0 Å². The number of nitrogens with one attached hydrogen (secondary N) is 1. The van der Waals surface area contributed by atoms with E-state index in [1.807, 2.05) is 30.3 Å². The van der Waals surface area contributed by atoms with Crippen LogP contribution >= 0.6 is 0 Å². The lowest BCUT2D eigenvalue weighted by Crippen LogP contribution is -2.45. The maximum atomic E-state index is 12.0. The van der Waals surface area contributed by atoms with Gasteiger partial charge in [-0.05, 0) is 31.0 Å². The largest absolute Gasteiger partial charge is 0.383 e. The van der Waals surface area contributed by atoms with Crippen LogP contribution in [0.25, 0.3) is 0 Å². The van der Waals surface area contributed by atoms with Gasteiger partial charge in [-0.15, -0.1) is 0 Å². The Balaban J connectivity index is 2.11. The molecule has 0 spiro atoms. The SMILES string of the molecule is CCCCCN=C1c2ccccc2NCC1(C)c1ccccc1C(N)=O. The van der Waals surface area contributed by atoms with Gasteiger partial charge in [-0.1, -0.05) is 56.2 Å². The maximum absolute atomic E-state index is 12.0. The van der Waals surface area contributed by atoms with Gasteiger partial charge in [-0.25, -0.2) is 0 Å².